The minimum absolute atomic E-state index is 0.0265. The average Bonchev–Trinajstić information content (AvgIpc) is 2.28. The van der Waals surface area contributed by atoms with Crippen molar-refractivity contribution in [3.05, 3.63) is 34.9 Å². The Bertz CT molecular complexity index is 439. The van der Waals surface area contributed by atoms with Crippen molar-refractivity contribution >= 4 is 11.8 Å². The van der Waals surface area contributed by atoms with Crippen molar-refractivity contribution in [2.45, 2.75) is 13.8 Å². The third-order valence-electron chi connectivity index (χ3n) is 2.67. The lowest BCUT2D eigenvalue weighted by atomic mass is 10.1. The summed E-state index contributed by atoms with van der Waals surface area (Å²) in [6.07, 6.45) is 0. The number of benzene rings is 1. The number of nitrogens with zero attached hydrogens (tertiary/aromatic N) is 1. The van der Waals surface area contributed by atoms with Crippen LogP contribution < -0.4 is 5.32 Å². The summed E-state index contributed by atoms with van der Waals surface area (Å²) in [6.45, 7) is 3.97. The Morgan fingerprint density at radius 3 is 2.35 bits per heavy atom. The van der Waals surface area contributed by atoms with Crippen LogP contribution in [0.5, 0.6) is 0 Å². The van der Waals surface area contributed by atoms with Gasteiger partial charge in [-0.3, -0.25) is 9.59 Å². The maximum absolute atomic E-state index is 11.8. The van der Waals surface area contributed by atoms with Crippen molar-refractivity contribution in [1.82, 2.24) is 10.2 Å². The van der Waals surface area contributed by atoms with E-state index >= 15 is 0 Å². The molecule has 0 saturated heterocycles. The van der Waals surface area contributed by atoms with Crippen LogP contribution >= 0.6 is 0 Å². The van der Waals surface area contributed by atoms with Crippen LogP contribution in [-0.4, -0.2) is 37.4 Å². The van der Waals surface area contributed by atoms with Gasteiger partial charge in [0.25, 0.3) is 5.91 Å². The lowest BCUT2D eigenvalue weighted by molar-refractivity contribution is -0.127. The number of aryl methyl sites for hydroxylation is 2. The van der Waals surface area contributed by atoms with Crippen LogP contribution in [0.15, 0.2) is 18.2 Å². The standard InChI is InChI=1S/C13H18N2O2/c1-9-5-6-11(7-10(9)2)13(17)14-8-12(16)15(3)4/h5-7H,8H2,1-4H3,(H,14,17). The monoisotopic (exact) mass is 234 g/mol. The largest absolute Gasteiger partial charge is 0.347 e. The maximum atomic E-state index is 11.8. The molecule has 1 aromatic rings. The third-order valence-corrected chi connectivity index (χ3v) is 2.67. The van der Waals surface area contributed by atoms with E-state index in [0.717, 1.165) is 11.1 Å². The first kappa shape index (κ1) is 13.2. The van der Waals surface area contributed by atoms with E-state index in [4.69, 9.17) is 0 Å². The zero-order valence-electron chi connectivity index (χ0n) is 10.7. The molecule has 0 heterocycles. The first-order chi connectivity index (χ1) is 7.91. The number of likely N-dealkylation sites (N-methyl/N-ethyl adjacent to an activating group) is 1. The third kappa shape index (κ3) is 3.59. The number of hydrogen-bond acceptors (Lipinski definition) is 2. The average molecular weight is 234 g/mol. The molecule has 4 heteroatoms. The Morgan fingerprint density at radius 2 is 1.82 bits per heavy atom. The molecule has 17 heavy (non-hydrogen) atoms. The summed E-state index contributed by atoms with van der Waals surface area (Å²) in [5.41, 5.74) is 2.79. The second kappa shape index (κ2) is 5.48. The molecule has 0 unspecified atom stereocenters. The highest BCUT2D eigenvalue weighted by Gasteiger charge is 2.09. The molecule has 0 atom stereocenters. The normalized spacial score (nSPS) is 9.88. The maximum Gasteiger partial charge on any atom is 0.251 e. The van der Waals surface area contributed by atoms with E-state index < -0.39 is 0 Å². The molecule has 2 amide bonds. The molecule has 0 saturated carbocycles. The topological polar surface area (TPSA) is 49.4 Å². The lowest BCUT2D eigenvalue weighted by Crippen LogP contribution is -2.36. The van der Waals surface area contributed by atoms with Gasteiger partial charge in [-0.05, 0) is 37.1 Å². The molecular weight excluding hydrogens is 216 g/mol. The summed E-state index contributed by atoms with van der Waals surface area (Å²) < 4.78 is 0. The van der Waals surface area contributed by atoms with E-state index in [2.05, 4.69) is 5.32 Å². The Labute approximate surface area is 102 Å². The summed E-state index contributed by atoms with van der Waals surface area (Å²) in [4.78, 5) is 24.5. The smallest absolute Gasteiger partial charge is 0.251 e. The van der Waals surface area contributed by atoms with Crippen molar-refractivity contribution < 1.29 is 9.59 Å². The van der Waals surface area contributed by atoms with Gasteiger partial charge in [-0.2, -0.15) is 0 Å². The van der Waals surface area contributed by atoms with Gasteiger partial charge in [0.05, 0.1) is 6.54 Å². The van der Waals surface area contributed by atoms with Gasteiger partial charge in [0.2, 0.25) is 5.91 Å². The minimum Gasteiger partial charge on any atom is -0.347 e. The van der Waals surface area contributed by atoms with Gasteiger partial charge in [0.15, 0.2) is 0 Å². The highest BCUT2D eigenvalue weighted by Crippen LogP contribution is 2.09. The molecular formula is C13H18N2O2. The van der Waals surface area contributed by atoms with E-state index in [1.165, 1.54) is 4.90 Å². The van der Waals surface area contributed by atoms with Crippen molar-refractivity contribution in [3.8, 4) is 0 Å². The molecule has 0 bridgehead atoms. The van der Waals surface area contributed by atoms with Crippen LogP contribution in [0, 0.1) is 13.8 Å². The lowest BCUT2D eigenvalue weighted by Gasteiger charge is -2.11. The number of rotatable bonds is 3. The Balaban J connectivity index is 2.64. The van der Waals surface area contributed by atoms with Crippen LogP contribution in [0.2, 0.25) is 0 Å². The van der Waals surface area contributed by atoms with E-state index in [1.807, 2.05) is 26.0 Å². The van der Waals surface area contributed by atoms with Crippen LogP contribution in [0.3, 0.4) is 0 Å². The van der Waals surface area contributed by atoms with Crippen LogP contribution in [0.25, 0.3) is 0 Å². The fourth-order valence-electron chi connectivity index (χ4n) is 1.30. The molecule has 0 aliphatic heterocycles. The molecule has 0 aromatic heterocycles. The second-order valence-electron chi connectivity index (χ2n) is 4.27. The Kier molecular flexibility index (Phi) is 4.26. The number of carbonyl (C=O) groups is 2. The summed E-state index contributed by atoms with van der Waals surface area (Å²) in [5.74, 6) is -0.342. The van der Waals surface area contributed by atoms with Gasteiger partial charge in [0, 0.05) is 19.7 Å². The second-order valence-corrected chi connectivity index (χ2v) is 4.27. The van der Waals surface area contributed by atoms with E-state index in [9.17, 15) is 9.59 Å². The molecule has 0 aliphatic carbocycles. The predicted molar refractivity (Wildman–Crippen MR) is 66.9 cm³/mol. The van der Waals surface area contributed by atoms with Gasteiger partial charge in [0.1, 0.15) is 0 Å². The van der Waals surface area contributed by atoms with E-state index in [0.29, 0.717) is 5.56 Å². The van der Waals surface area contributed by atoms with Crippen LogP contribution in [0.4, 0.5) is 0 Å². The van der Waals surface area contributed by atoms with E-state index in [1.54, 1.807) is 20.2 Å². The van der Waals surface area contributed by atoms with Crippen molar-refractivity contribution in [3.63, 3.8) is 0 Å². The molecule has 4 nitrogen and oxygen atoms in total. The van der Waals surface area contributed by atoms with Crippen LogP contribution in [0.1, 0.15) is 21.5 Å². The summed E-state index contributed by atoms with van der Waals surface area (Å²) in [5, 5.41) is 2.60. The number of hydrogen-bond donors (Lipinski definition) is 1. The van der Waals surface area contributed by atoms with Crippen molar-refractivity contribution in [2.24, 2.45) is 0 Å². The van der Waals surface area contributed by atoms with Crippen molar-refractivity contribution in [2.75, 3.05) is 20.6 Å². The first-order valence-electron chi connectivity index (χ1n) is 5.47. The van der Waals surface area contributed by atoms with Gasteiger partial charge < -0.3 is 10.2 Å². The molecule has 1 aromatic carbocycles. The molecule has 0 aliphatic rings. The van der Waals surface area contributed by atoms with Gasteiger partial charge >= 0.3 is 0 Å². The van der Waals surface area contributed by atoms with E-state index in [-0.39, 0.29) is 18.4 Å². The van der Waals surface area contributed by atoms with Crippen LogP contribution in [-0.2, 0) is 4.79 Å². The molecule has 0 spiro atoms. The highest BCUT2D eigenvalue weighted by molar-refractivity contribution is 5.96. The Hall–Kier alpha value is -1.84. The number of amides is 2. The number of carbonyl (C=O) groups excluding carboxylic acids is 2. The first-order valence-corrected chi connectivity index (χ1v) is 5.47. The number of nitrogens with one attached hydrogen (secondary N) is 1. The summed E-state index contributed by atoms with van der Waals surface area (Å²) in [7, 11) is 3.31. The predicted octanol–water partition coefficient (Wildman–Crippen LogP) is 1.12. The van der Waals surface area contributed by atoms with Gasteiger partial charge in [-0.25, -0.2) is 0 Å². The molecule has 0 radical (unpaired) electrons. The fourth-order valence-corrected chi connectivity index (χ4v) is 1.30. The summed E-state index contributed by atoms with van der Waals surface area (Å²) >= 11 is 0. The molecule has 1 rings (SSSR count). The highest BCUT2D eigenvalue weighted by atomic mass is 16.2. The van der Waals surface area contributed by atoms with Crippen molar-refractivity contribution in [1.29, 1.82) is 0 Å². The molecule has 92 valence electrons. The zero-order chi connectivity index (χ0) is 13.0. The SMILES string of the molecule is Cc1ccc(C(=O)NCC(=O)N(C)C)cc1C. The molecule has 1 N–H and O–H groups in total. The quantitative estimate of drug-likeness (QED) is 0.852. The zero-order valence-corrected chi connectivity index (χ0v) is 10.7. The van der Waals surface area contributed by atoms with Gasteiger partial charge in [-0.15, -0.1) is 0 Å². The van der Waals surface area contributed by atoms with Gasteiger partial charge in [-0.1, -0.05) is 6.07 Å². The fraction of sp³-hybridized carbons (Fsp3) is 0.385. The molecule has 0 fully saturated rings. The minimum atomic E-state index is -0.219. The Morgan fingerprint density at radius 1 is 1.18 bits per heavy atom. The summed E-state index contributed by atoms with van der Waals surface area (Å²) in [6, 6.07) is 5.49.